The second-order valence-electron chi connectivity index (χ2n) is 5.91. The Labute approximate surface area is 127 Å². The second kappa shape index (κ2) is 6.46. The molecule has 1 aliphatic carbocycles. The van der Waals surface area contributed by atoms with Crippen LogP contribution in [0.5, 0.6) is 0 Å². The van der Waals surface area contributed by atoms with Crippen molar-refractivity contribution >= 4 is 12.6 Å². The fraction of sp³-hybridized carbons (Fsp3) is 0.667. The van der Waals surface area contributed by atoms with Crippen LogP contribution in [0.15, 0.2) is 23.0 Å². The Morgan fingerprint density at radius 1 is 1.14 bits per heavy atom. The van der Waals surface area contributed by atoms with Crippen LogP contribution >= 0.6 is 12.6 Å². The summed E-state index contributed by atoms with van der Waals surface area (Å²) in [5.74, 6) is 0.506. The zero-order valence-corrected chi connectivity index (χ0v) is 12.7. The Kier molecular flexibility index (Phi) is 5.07. The monoisotopic (exact) mass is 319 g/mol. The lowest BCUT2D eigenvalue weighted by Crippen LogP contribution is -2.36. The van der Waals surface area contributed by atoms with Crippen molar-refractivity contribution in [2.45, 2.75) is 51.2 Å². The molecular weight excluding hydrogens is 299 g/mol. The summed E-state index contributed by atoms with van der Waals surface area (Å²) < 4.78 is 40.2. The Hall–Kier alpha value is -0.910. The minimum absolute atomic E-state index is 0.102. The fourth-order valence-electron chi connectivity index (χ4n) is 3.11. The number of alkyl halides is 3. The molecule has 0 saturated heterocycles. The van der Waals surface area contributed by atoms with Gasteiger partial charge in [-0.25, -0.2) is 0 Å². The summed E-state index contributed by atoms with van der Waals surface area (Å²) in [6.07, 6.45) is 1.33. The van der Waals surface area contributed by atoms with Crippen LogP contribution in [0.1, 0.15) is 44.2 Å². The summed E-state index contributed by atoms with van der Waals surface area (Å²) in [5.41, 5.74) is -1.76. The molecule has 21 heavy (non-hydrogen) atoms. The largest absolute Gasteiger partial charge is 0.431 e. The molecule has 1 heterocycles. The van der Waals surface area contributed by atoms with E-state index in [-0.39, 0.29) is 12.0 Å². The van der Waals surface area contributed by atoms with Crippen LogP contribution in [0.4, 0.5) is 13.2 Å². The first kappa shape index (κ1) is 16.5. The molecule has 0 radical (unpaired) electrons. The van der Waals surface area contributed by atoms with Gasteiger partial charge in [0.15, 0.2) is 0 Å². The SMILES string of the molecule is O=c1cccc(C(F)(F)F)n1CC1(CS)CCCCCC1. The zero-order chi connectivity index (χ0) is 15.5. The molecule has 2 rings (SSSR count). The Balaban J connectivity index is 2.39. The second-order valence-corrected chi connectivity index (χ2v) is 6.22. The van der Waals surface area contributed by atoms with Crippen molar-refractivity contribution in [1.29, 1.82) is 0 Å². The van der Waals surface area contributed by atoms with Gasteiger partial charge >= 0.3 is 6.18 Å². The first-order valence-corrected chi connectivity index (χ1v) is 7.89. The van der Waals surface area contributed by atoms with Crippen molar-refractivity contribution in [2.24, 2.45) is 5.41 Å². The van der Waals surface area contributed by atoms with Crippen LogP contribution in [-0.2, 0) is 12.7 Å². The van der Waals surface area contributed by atoms with E-state index in [0.29, 0.717) is 5.75 Å². The highest BCUT2D eigenvalue weighted by molar-refractivity contribution is 7.80. The molecule has 1 fully saturated rings. The van der Waals surface area contributed by atoms with E-state index >= 15 is 0 Å². The molecule has 1 aliphatic rings. The lowest BCUT2D eigenvalue weighted by atomic mass is 9.82. The van der Waals surface area contributed by atoms with Crippen molar-refractivity contribution in [1.82, 2.24) is 4.57 Å². The fourth-order valence-corrected chi connectivity index (χ4v) is 3.53. The van der Waals surface area contributed by atoms with Crippen LogP contribution in [0, 0.1) is 5.41 Å². The smallest absolute Gasteiger partial charge is 0.304 e. The number of thiol groups is 1. The van der Waals surface area contributed by atoms with E-state index < -0.39 is 17.4 Å². The minimum Gasteiger partial charge on any atom is -0.304 e. The van der Waals surface area contributed by atoms with E-state index in [1.165, 1.54) is 12.1 Å². The van der Waals surface area contributed by atoms with E-state index in [1.807, 2.05) is 0 Å². The highest BCUT2D eigenvalue weighted by atomic mass is 32.1. The maximum absolute atomic E-state index is 13.1. The summed E-state index contributed by atoms with van der Waals surface area (Å²) in [6.45, 7) is 0.102. The van der Waals surface area contributed by atoms with E-state index in [4.69, 9.17) is 0 Å². The average molecular weight is 319 g/mol. The van der Waals surface area contributed by atoms with Crippen LogP contribution in [0.3, 0.4) is 0 Å². The maximum atomic E-state index is 13.1. The van der Waals surface area contributed by atoms with Crippen LogP contribution in [-0.4, -0.2) is 10.3 Å². The molecule has 1 saturated carbocycles. The highest BCUT2D eigenvalue weighted by Crippen LogP contribution is 2.38. The van der Waals surface area contributed by atoms with Crippen molar-refractivity contribution < 1.29 is 13.2 Å². The summed E-state index contributed by atoms with van der Waals surface area (Å²) in [7, 11) is 0. The first-order chi connectivity index (χ1) is 9.88. The standard InChI is InChI=1S/C15H20F3NOS/c16-15(17,18)12-6-5-7-13(20)19(12)10-14(11-21)8-3-1-2-4-9-14/h5-7,21H,1-4,8-11H2. The molecule has 0 N–H and O–H groups in total. The summed E-state index contributed by atoms with van der Waals surface area (Å²) in [5, 5.41) is 0. The van der Waals surface area contributed by atoms with Crippen LogP contribution in [0.25, 0.3) is 0 Å². The van der Waals surface area contributed by atoms with Gasteiger partial charge < -0.3 is 4.57 Å². The van der Waals surface area contributed by atoms with Gasteiger partial charge in [0.2, 0.25) is 0 Å². The summed E-state index contributed by atoms with van der Waals surface area (Å²) in [6, 6.07) is 3.34. The van der Waals surface area contributed by atoms with Crippen molar-refractivity contribution in [3.63, 3.8) is 0 Å². The Bertz CT molecular complexity index is 530. The maximum Gasteiger partial charge on any atom is 0.431 e. The quantitative estimate of drug-likeness (QED) is 0.656. The molecule has 1 aromatic rings. The molecule has 1 aromatic heterocycles. The molecule has 0 aromatic carbocycles. The molecule has 118 valence electrons. The minimum atomic E-state index is -4.51. The molecule has 0 bridgehead atoms. The molecule has 0 spiro atoms. The Morgan fingerprint density at radius 2 is 1.76 bits per heavy atom. The van der Waals surface area contributed by atoms with E-state index in [0.717, 1.165) is 49.2 Å². The summed E-state index contributed by atoms with van der Waals surface area (Å²) in [4.78, 5) is 11.9. The van der Waals surface area contributed by atoms with Crippen molar-refractivity contribution in [3.8, 4) is 0 Å². The molecule has 0 amide bonds. The molecule has 0 atom stereocenters. The molecular formula is C15H20F3NOS. The van der Waals surface area contributed by atoms with Gasteiger partial charge in [-0.3, -0.25) is 4.79 Å². The average Bonchev–Trinajstić information content (AvgIpc) is 2.66. The first-order valence-electron chi connectivity index (χ1n) is 7.26. The number of aromatic nitrogens is 1. The third kappa shape index (κ3) is 3.84. The van der Waals surface area contributed by atoms with Gasteiger partial charge in [-0.2, -0.15) is 25.8 Å². The third-order valence-electron chi connectivity index (χ3n) is 4.33. The summed E-state index contributed by atoms with van der Waals surface area (Å²) >= 11 is 4.37. The lowest BCUT2D eigenvalue weighted by Gasteiger charge is -2.33. The van der Waals surface area contributed by atoms with Crippen molar-refractivity contribution in [3.05, 3.63) is 34.2 Å². The van der Waals surface area contributed by atoms with Gasteiger partial charge in [0.25, 0.3) is 5.56 Å². The van der Waals surface area contributed by atoms with Gasteiger partial charge in [-0.15, -0.1) is 0 Å². The predicted octanol–water partition coefficient (Wildman–Crippen LogP) is 4.14. The number of pyridine rings is 1. The van der Waals surface area contributed by atoms with Gasteiger partial charge in [-0.1, -0.05) is 31.7 Å². The molecule has 0 unspecified atom stereocenters. The zero-order valence-electron chi connectivity index (χ0n) is 11.8. The van der Waals surface area contributed by atoms with E-state index in [1.54, 1.807) is 0 Å². The normalized spacial score (nSPS) is 19.2. The van der Waals surface area contributed by atoms with E-state index in [2.05, 4.69) is 12.6 Å². The van der Waals surface area contributed by atoms with Gasteiger partial charge in [-0.05, 0) is 30.1 Å². The van der Waals surface area contributed by atoms with E-state index in [9.17, 15) is 18.0 Å². The van der Waals surface area contributed by atoms with Gasteiger partial charge in [0, 0.05) is 12.6 Å². The number of nitrogens with zero attached hydrogens (tertiary/aromatic N) is 1. The highest BCUT2D eigenvalue weighted by Gasteiger charge is 2.37. The van der Waals surface area contributed by atoms with Crippen molar-refractivity contribution in [2.75, 3.05) is 5.75 Å². The van der Waals surface area contributed by atoms with Gasteiger partial charge in [0.1, 0.15) is 5.69 Å². The molecule has 2 nitrogen and oxygen atoms in total. The Morgan fingerprint density at radius 3 is 2.29 bits per heavy atom. The predicted molar refractivity (Wildman–Crippen MR) is 79.7 cm³/mol. The molecule has 0 aliphatic heterocycles. The van der Waals surface area contributed by atoms with Crippen LogP contribution < -0.4 is 5.56 Å². The topological polar surface area (TPSA) is 22.0 Å². The number of hydrogen-bond acceptors (Lipinski definition) is 2. The number of hydrogen-bond donors (Lipinski definition) is 1. The third-order valence-corrected chi connectivity index (χ3v) is 5.00. The lowest BCUT2D eigenvalue weighted by molar-refractivity contribution is -0.144. The number of rotatable bonds is 3. The molecule has 6 heteroatoms. The van der Waals surface area contributed by atoms with Gasteiger partial charge in [0.05, 0.1) is 0 Å². The van der Waals surface area contributed by atoms with Crippen LogP contribution in [0.2, 0.25) is 0 Å². The number of halogens is 3.